The van der Waals surface area contributed by atoms with Crippen molar-refractivity contribution < 1.29 is 9.90 Å². The minimum absolute atomic E-state index is 0.380. The summed E-state index contributed by atoms with van der Waals surface area (Å²) in [7, 11) is 0. The number of hydrogen-bond donors (Lipinski definition) is 3. The molecule has 0 aromatic heterocycles. The molecule has 0 saturated carbocycles. The smallest absolute Gasteiger partial charge is 0.328 e. The molecule has 0 spiro atoms. The summed E-state index contributed by atoms with van der Waals surface area (Å²) in [6.45, 7) is 2.43. The molecule has 1 atom stereocenters. The van der Waals surface area contributed by atoms with Gasteiger partial charge < -0.3 is 15.7 Å². The number of rotatable bonds is 3. The maximum absolute atomic E-state index is 10.6. The zero-order valence-corrected chi connectivity index (χ0v) is 7.29. The average Bonchev–Trinajstić information content (AvgIpc) is 2.44. The lowest BCUT2D eigenvalue weighted by Gasteiger charge is -2.27. The van der Waals surface area contributed by atoms with Gasteiger partial charge in [-0.2, -0.15) is 0 Å². The molecule has 1 fully saturated rings. The average molecular weight is 183 g/mol. The predicted octanol–water partition coefficient (Wildman–Crippen LogP) is -0.949. The molecule has 72 valence electrons. The fourth-order valence-corrected chi connectivity index (χ4v) is 1.52. The van der Waals surface area contributed by atoms with Gasteiger partial charge in [-0.25, -0.2) is 4.79 Å². The molecular weight excluding hydrogens is 170 g/mol. The van der Waals surface area contributed by atoms with Gasteiger partial charge in [-0.3, -0.25) is 4.99 Å². The molecule has 0 bridgehead atoms. The zero-order valence-electron chi connectivity index (χ0n) is 7.29. The Labute approximate surface area is 76.2 Å². The minimum atomic E-state index is -0.814. The van der Waals surface area contributed by atoms with Gasteiger partial charge in [-0.05, 0) is 19.0 Å². The number of aliphatic carboxylic acids is 1. The highest BCUT2D eigenvalue weighted by Gasteiger charge is 2.26. The van der Waals surface area contributed by atoms with Crippen molar-refractivity contribution in [2.45, 2.75) is 12.5 Å². The number of nitrogens with one attached hydrogen (secondary N) is 2. The Morgan fingerprint density at radius 2 is 2.38 bits per heavy atom. The van der Waals surface area contributed by atoms with Crippen LogP contribution in [0.2, 0.25) is 0 Å². The van der Waals surface area contributed by atoms with Crippen LogP contribution in [0.5, 0.6) is 0 Å². The van der Waals surface area contributed by atoms with Crippen molar-refractivity contribution in [3.05, 3.63) is 0 Å². The first-order chi connectivity index (χ1) is 6.25. The zero-order chi connectivity index (χ0) is 9.26. The Morgan fingerprint density at radius 3 is 2.85 bits per heavy atom. The predicted molar refractivity (Wildman–Crippen MR) is 47.8 cm³/mol. The molecule has 1 saturated heterocycles. The first-order valence-electron chi connectivity index (χ1n) is 4.49. The van der Waals surface area contributed by atoms with Gasteiger partial charge in [0.1, 0.15) is 6.04 Å². The second-order valence-corrected chi connectivity index (χ2v) is 3.55. The van der Waals surface area contributed by atoms with Crippen LogP contribution >= 0.6 is 0 Å². The summed E-state index contributed by atoms with van der Waals surface area (Å²) in [4.78, 5) is 14.7. The lowest BCUT2D eigenvalue weighted by molar-refractivity contribution is -0.138. The van der Waals surface area contributed by atoms with Crippen molar-refractivity contribution in [2.75, 3.05) is 19.6 Å². The maximum Gasteiger partial charge on any atom is 0.328 e. The Kier molecular flexibility index (Phi) is 2.18. The minimum Gasteiger partial charge on any atom is -0.480 e. The molecule has 0 radical (unpaired) electrons. The van der Waals surface area contributed by atoms with E-state index < -0.39 is 12.0 Å². The van der Waals surface area contributed by atoms with Crippen molar-refractivity contribution in [1.82, 2.24) is 10.6 Å². The highest BCUT2D eigenvalue weighted by molar-refractivity contribution is 5.90. The van der Waals surface area contributed by atoms with Gasteiger partial charge in [0.25, 0.3) is 0 Å². The standard InChI is InChI=1S/C8H13N3O2/c12-8(13)6-4-10-7(11-6)1-5-2-9-3-5/h5-6,9H,1-4H2,(H,10,11)(H,12,13). The third-order valence-corrected chi connectivity index (χ3v) is 2.45. The van der Waals surface area contributed by atoms with E-state index in [1.165, 1.54) is 0 Å². The number of carboxylic acids is 1. The molecule has 5 nitrogen and oxygen atoms in total. The molecular formula is C8H13N3O2. The van der Waals surface area contributed by atoms with Crippen molar-refractivity contribution in [3.8, 4) is 0 Å². The van der Waals surface area contributed by atoms with Crippen molar-refractivity contribution >= 4 is 11.8 Å². The van der Waals surface area contributed by atoms with Crippen LogP contribution in [-0.4, -0.2) is 42.6 Å². The largest absolute Gasteiger partial charge is 0.480 e. The van der Waals surface area contributed by atoms with Crippen molar-refractivity contribution in [3.63, 3.8) is 0 Å². The van der Waals surface area contributed by atoms with E-state index in [4.69, 9.17) is 5.11 Å². The monoisotopic (exact) mass is 183 g/mol. The third-order valence-electron chi connectivity index (χ3n) is 2.45. The van der Waals surface area contributed by atoms with Crippen molar-refractivity contribution in [2.24, 2.45) is 10.9 Å². The molecule has 2 aliphatic heterocycles. The Bertz CT molecular complexity index is 248. The summed E-state index contributed by atoms with van der Waals surface area (Å²) < 4.78 is 0. The normalized spacial score (nSPS) is 27.7. The van der Waals surface area contributed by atoms with Crippen LogP contribution in [0.1, 0.15) is 6.42 Å². The fourth-order valence-electron chi connectivity index (χ4n) is 1.52. The number of aliphatic imine (C=N–C) groups is 1. The third kappa shape index (κ3) is 1.80. The molecule has 0 amide bonds. The van der Waals surface area contributed by atoms with E-state index in [0.29, 0.717) is 12.5 Å². The van der Waals surface area contributed by atoms with Gasteiger partial charge in [0.05, 0.1) is 12.4 Å². The van der Waals surface area contributed by atoms with Gasteiger partial charge in [-0.1, -0.05) is 0 Å². The number of hydrogen-bond acceptors (Lipinski definition) is 4. The Hall–Kier alpha value is -1.10. The lowest BCUT2D eigenvalue weighted by Crippen LogP contribution is -2.45. The summed E-state index contributed by atoms with van der Waals surface area (Å²) in [5.74, 6) is 0.683. The number of nitrogens with zero attached hydrogens (tertiary/aromatic N) is 1. The molecule has 2 heterocycles. The molecule has 3 N–H and O–H groups in total. The number of amidine groups is 1. The topological polar surface area (TPSA) is 73.7 Å². The van der Waals surface area contributed by atoms with Crippen LogP contribution < -0.4 is 10.6 Å². The van der Waals surface area contributed by atoms with Gasteiger partial charge in [0, 0.05) is 6.42 Å². The van der Waals surface area contributed by atoms with E-state index >= 15 is 0 Å². The first kappa shape index (κ1) is 8.50. The Balaban J connectivity index is 1.79. The van der Waals surface area contributed by atoms with Crippen LogP contribution in [0.25, 0.3) is 0 Å². The molecule has 2 aliphatic rings. The second kappa shape index (κ2) is 3.33. The summed E-state index contributed by atoms with van der Waals surface area (Å²) in [6.07, 6.45) is 0.886. The van der Waals surface area contributed by atoms with E-state index in [0.717, 1.165) is 25.3 Å². The van der Waals surface area contributed by atoms with Crippen LogP contribution in [0.15, 0.2) is 4.99 Å². The van der Waals surface area contributed by atoms with Crippen molar-refractivity contribution in [1.29, 1.82) is 0 Å². The fraction of sp³-hybridized carbons (Fsp3) is 0.750. The number of carboxylic acid groups (broad SMARTS) is 1. The molecule has 13 heavy (non-hydrogen) atoms. The van der Waals surface area contributed by atoms with Gasteiger partial charge in [0.15, 0.2) is 0 Å². The van der Waals surface area contributed by atoms with Crippen LogP contribution in [0.4, 0.5) is 0 Å². The first-order valence-corrected chi connectivity index (χ1v) is 4.49. The lowest BCUT2D eigenvalue weighted by atomic mass is 9.99. The molecule has 0 aromatic carbocycles. The molecule has 2 rings (SSSR count). The van der Waals surface area contributed by atoms with Crippen LogP contribution in [0, 0.1) is 5.92 Å². The summed E-state index contributed by atoms with van der Waals surface area (Å²) in [5.41, 5.74) is 0. The van der Waals surface area contributed by atoms with E-state index in [9.17, 15) is 4.79 Å². The van der Waals surface area contributed by atoms with E-state index in [1.54, 1.807) is 0 Å². The van der Waals surface area contributed by atoms with E-state index in [-0.39, 0.29) is 0 Å². The quantitative estimate of drug-likeness (QED) is 0.527. The van der Waals surface area contributed by atoms with Gasteiger partial charge >= 0.3 is 5.97 Å². The molecule has 0 aromatic rings. The highest BCUT2D eigenvalue weighted by atomic mass is 16.4. The molecule has 1 unspecified atom stereocenters. The van der Waals surface area contributed by atoms with Gasteiger partial charge in [0.2, 0.25) is 0 Å². The summed E-state index contributed by atoms with van der Waals surface area (Å²) in [5, 5.41) is 14.8. The second-order valence-electron chi connectivity index (χ2n) is 3.55. The molecule has 0 aliphatic carbocycles. The number of carbonyl (C=O) groups is 1. The van der Waals surface area contributed by atoms with E-state index in [2.05, 4.69) is 15.6 Å². The highest BCUT2D eigenvalue weighted by Crippen LogP contribution is 2.11. The van der Waals surface area contributed by atoms with E-state index in [1.807, 2.05) is 0 Å². The Morgan fingerprint density at radius 1 is 1.62 bits per heavy atom. The SMILES string of the molecule is O=C(O)C1CN=C(CC2CNC2)N1. The van der Waals surface area contributed by atoms with Gasteiger partial charge in [-0.15, -0.1) is 0 Å². The summed E-state index contributed by atoms with van der Waals surface area (Å²) >= 11 is 0. The summed E-state index contributed by atoms with van der Waals surface area (Å²) in [6, 6.07) is -0.497. The van der Waals surface area contributed by atoms with Crippen LogP contribution in [0.3, 0.4) is 0 Å². The maximum atomic E-state index is 10.6. The van der Waals surface area contributed by atoms with Crippen LogP contribution in [-0.2, 0) is 4.79 Å². The molecule has 5 heteroatoms.